The number of aryl methyl sites for hydroxylation is 1. The summed E-state index contributed by atoms with van der Waals surface area (Å²) in [5.41, 5.74) is 1.34. The van der Waals surface area contributed by atoms with Gasteiger partial charge in [-0.05, 0) is 12.5 Å². The van der Waals surface area contributed by atoms with Crippen LogP contribution in [-0.2, 0) is 9.59 Å². The van der Waals surface area contributed by atoms with Gasteiger partial charge in [-0.25, -0.2) is 0 Å². The van der Waals surface area contributed by atoms with Crippen LogP contribution in [0.5, 0.6) is 0 Å². The van der Waals surface area contributed by atoms with Crippen LogP contribution >= 0.6 is 0 Å². The number of benzene rings is 1. The topological polar surface area (TPSA) is 34.1 Å². The Labute approximate surface area is 64.8 Å². The molecule has 0 N–H and O–H groups in total. The van der Waals surface area contributed by atoms with Crippen molar-refractivity contribution in [3.05, 3.63) is 34.9 Å². The Morgan fingerprint density at radius 3 is 2.36 bits per heavy atom. The van der Waals surface area contributed by atoms with Crippen LogP contribution in [0.15, 0.2) is 18.2 Å². The van der Waals surface area contributed by atoms with E-state index in [0.717, 1.165) is 5.56 Å². The van der Waals surface area contributed by atoms with E-state index in [-0.39, 0.29) is 5.56 Å². The molecule has 0 bridgehead atoms. The van der Waals surface area contributed by atoms with Crippen LogP contribution in [-0.4, -0.2) is 12.6 Å². The van der Waals surface area contributed by atoms with Crippen molar-refractivity contribution in [2.24, 2.45) is 0 Å². The highest BCUT2D eigenvalue weighted by Gasteiger charge is 2.03. The maximum absolute atomic E-state index is 10.3. The molecule has 1 rings (SSSR count). The second-order valence-electron chi connectivity index (χ2n) is 2.20. The van der Waals surface area contributed by atoms with E-state index in [9.17, 15) is 9.59 Å². The van der Waals surface area contributed by atoms with Gasteiger partial charge in [0.25, 0.3) is 0 Å². The molecule has 0 saturated heterocycles. The van der Waals surface area contributed by atoms with Gasteiger partial charge in [0.05, 0.1) is 0 Å². The average molecular weight is 146 g/mol. The first-order chi connectivity index (χ1) is 5.29. The molecule has 0 aliphatic rings. The minimum Gasteiger partial charge on any atom is -0.285 e. The third-order valence-electron chi connectivity index (χ3n) is 1.48. The third kappa shape index (κ3) is 1.34. The first kappa shape index (κ1) is 7.66. The normalized spacial score (nSPS) is 9.18. The van der Waals surface area contributed by atoms with E-state index in [4.69, 9.17) is 0 Å². The monoisotopic (exact) mass is 146 g/mol. The number of hydrogen-bond donors (Lipinski definition) is 0. The molecule has 0 saturated carbocycles. The summed E-state index contributed by atoms with van der Waals surface area (Å²) >= 11 is 0. The Kier molecular flexibility index (Phi) is 2.16. The molecule has 54 valence electrons. The summed E-state index contributed by atoms with van der Waals surface area (Å²) in [5.74, 6) is 0. The van der Waals surface area contributed by atoms with Crippen molar-refractivity contribution in [1.29, 1.82) is 0 Å². The molecular weight excluding hydrogens is 140 g/mol. The van der Waals surface area contributed by atoms with Gasteiger partial charge >= 0.3 is 0 Å². The molecule has 2 radical (unpaired) electrons. The lowest BCUT2D eigenvalue weighted by molar-refractivity contribution is 0.558. The summed E-state index contributed by atoms with van der Waals surface area (Å²) < 4.78 is 0. The van der Waals surface area contributed by atoms with E-state index >= 15 is 0 Å². The maximum Gasteiger partial charge on any atom is 0.234 e. The quantitative estimate of drug-likeness (QED) is 0.621. The fourth-order valence-corrected chi connectivity index (χ4v) is 0.888. The van der Waals surface area contributed by atoms with Gasteiger partial charge in [0, 0.05) is 11.1 Å². The Balaban J connectivity index is 3.35. The van der Waals surface area contributed by atoms with Crippen LogP contribution in [0.2, 0.25) is 0 Å². The Morgan fingerprint density at radius 1 is 1.18 bits per heavy atom. The average Bonchev–Trinajstić information content (AvgIpc) is 2.04. The molecule has 0 amide bonds. The molecule has 0 spiro atoms. The first-order valence-electron chi connectivity index (χ1n) is 3.15. The van der Waals surface area contributed by atoms with Crippen molar-refractivity contribution in [3.63, 3.8) is 0 Å². The van der Waals surface area contributed by atoms with E-state index < -0.39 is 0 Å². The van der Waals surface area contributed by atoms with Gasteiger partial charge < -0.3 is 0 Å². The van der Waals surface area contributed by atoms with Crippen molar-refractivity contribution in [2.45, 2.75) is 6.92 Å². The highest BCUT2D eigenvalue weighted by atomic mass is 16.1. The Morgan fingerprint density at radius 2 is 1.91 bits per heavy atom. The second kappa shape index (κ2) is 3.10. The molecule has 11 heavy (non-hydrogen) atoms. The van der Waals surface area contributed by atoms with Crippen LogP contribution in [0, 0.1) is 6.92 Å². The van der Waals surface area contributed by atoms with E-state index in [1.165, 1.54) is 0 Å². The van der Waals surface area contributed by atoms with Gasteiger partial charge in [-0.1, -0.05) is 18.2 Å². The zero-order valence-electron chi connectivity index (χ0n) is 6.05. The Bertz CT molecular complexity index is 290. The van der Waals surface area contributed by atoms with E-state index in [2.05, 4.69) is 0 Å². The summed E-state index contributed by atoms with van der Waals surface area (Å²) in [6.45, 7) is 1.75. The number of hydrogen-bond acceptors (Lipinski definition) is 2. The zero-order valence-corrected chi connectivity index (χ0v) is 6.05. The first-order valence-corrected chi connectivity index (χ1v) is 3.15. The lowest BCUT2D eigenvalue weighted by Gasteiger charge is -1.97. The standard InChI is InChI=1S/C9H6O2/c1-7-3-2-4-8(5-10)9(7)6-11/h2-4H,1H3. The molecule has 0 aromatic heterocycles. The van der Waals surface area contributed by atoms with E-state index in [1.54, 1.807) is 37.7 Å². The molecule has 0 atom stereocenters. The van der Waals surface area contributed by atoms with Gasteiger partial charge in [0.1, 0.15) is 0 Å². The second-order valence-corrected chi connectivity index (χ2v) is 2.20. The molecule has 2 heteroatoms. The number of rotatable bonds is 2. The third-order valence-corrected chi connectivity index (χ3v) is 1.48. The molecule has 0 aliphatic carbocycles. The summed E-state index contributed by atoms with van der Waals surface area (Å²) in [5, 5.41) is 0. The van der Waals surface area contributed by atoms with Gasteiger partial charge in [-0.15, -0.1) is 0 Å². The largest absolute Gasteiger partial charge is 0.285 e. The maximum atomic E-state index is 10.3. The zero-order chi connectivity index (χ0) is 8.27. The van der Waals surface area contributed by atoms with Crippen LogP contribution in [0.4, 0.5) is 0 Å². The van der Waals surface area contributed by atoms with Crippen molar-refractivity contribution in [3.8, 4) is 0 Å². The summed E-state index contributed by atoms with van der Waals surface area (Å²) in [6, 6.07) is 5.00. The molecule has 0 aliphatic heterocycles. The SMILES string of the molecule is Cc1cccc([C]=O)c1[C]=O. The molecule has 1 aromatic rings. The molecule has 0 heterocycles. The fraction of sp³-hybridized carbons (Fsp3) is 0.111. The highest BCUT2D eigenvalue weighted by molar-refractivity contribution is 5.91. The molecule has 2 nitrogen and oxygen atoms in total. The lowest BCUT2D eigenvalue weighted by atomic mass is 10.0. The minimum atomic E-state index is 0.278. The predicted molar refractivity (Wildman–Crippen MR) is 40.8 cm³/mol. The minimum absolute atomic E-state index is 0.278. The summed E-state index contributed by atoms with van der Waals surface area (Å²) in [6.07, 6.45) is 3.38. The van der Waals surface area contributed by atoms with Crippen LogP contribution < -0.4 is 0 Å². The van der Waals surface area contributed by atoms with Crippen LogP contribution in [0.25, 0.3) is 0 Å². The van der Waals surface area contributed by atoms with Gasteiger partial charge in [-0.3, -0.25) is 9.59 Å². The van der Waals surface area contributed by atoms with Crippen molar-refractivity contribution in [1.82, 2.24) is 0 Å². The summed E-state index contributed by atoms with van der Waals surface area (Å²) in [7, 11) is 0. The highest BCUT2D eigenvalue weighted by Crippen LogP contribution is 2.08. The smallest absolute Gasteiger partial charge is 0.234 e. The predicted octanol–water partition coefficient (Wildman–Crippen LogP) is 0.911. The van der Waals surface area contributed by atoms with Crippen LogP contribution in [0.1, 0.15) is 16.7 Å². The lowest BCUT2D eigenvalue weighted by Crippen LogP contribution is -1.93. The van der Waals surface area contributed by atoms with Gasteiger partial charge in [-0.2, -0.15) is 0 Å². The van der Waals surface area contributed by atoms with E-state index in [0.29, 0.717) is 5.56 Å². The van der Waals surface area contributed by atoms with E-state index in [1.807, 2.05) is 0 Å². The van der Waals surface area contributed by atoms with Crippen molar-refractivity contribution < 1.29 is 9.59 Å². The van der Waals surface area contributed by atoms with Crippen molar-refractivity contribution >= 4 is 12.6 Å². The van der Waals surface area contributed by atoms with Crippen LogP contribution in [0.3, 0.4) is 0 Å². The number of carbonyl (C=O) groups excluding carboxylic acids is 2. The summed E-state index contributed by atoms with van der Waals surface area (Å²) in [4.78, 5) is 20.5. The van der Waals surface area contributed by atoms with Gasteiger partial charge in [0.2, 0.25) is 12.6 Å². The molecule has 0 unspecified atom stereocenters. The molecule has 0 fully saturated rings. The molecule has 1 aromatic carbocycles. The fourth-order valence-electron chi connectivity index (χ4n) is 0.888. The molecular formula is C9H6O2. The van der Waals surface area contributed by atoms with Gasteiger partial charge in [0.15, 0.2) is 0 Å². The van der Waals surface area contributed by atoms with Crippen molar-refractivity contribution in [2.75, 3.05) is 0 Å². The Hall–Kier alpha value is -1.44.